The molecule has 17 heavy (non-hydrogen) atoms. The molecule has 1 aromatic rings. The van der Waals surface area contributed by atoms with E-state index in [1.165, 1.54) is 16.8 Å². The van der Waals surface area contributed by atoms with E-state index in [0.717, 1.165) is 19.5 Å². The number of hydrogen-bond donors (Lipinski definition) is 2. The number of benzene rings is 1. The van der Waals surface area contributed by atoms with Crippen LogP contribution in [0.25, 0.3) is 0 Å². The van der Waals surface area contributed by atoms with Crippen LogP contribution < -0.4 is 10.6 Å². The van der Waals surface area contributed by atoms with Crippen molar-refractivity contribution in [2.75, 3.05) is 11.9 Å². The molecule has 0 aromatic heterocycles. The van der Waals surface area contributed by atoms with Gasteiger partial charge in [0.2, 0.25) is 0 Å². The maximum Gasteiger partial charge on any atom is 0.0419 e. The van der Waals surface area contributed by atoms with Crippen LogP contribution in [0.2, 0.25) is 0 Å². The van der Waals surface area contributed by atoms with Crippen molar-refractivity contribution in [3.05, 3.63) is 29.3 Å². The summed E-state index contributed by atoms with van der Waals surface area (Å²) in [7, 11) is 0. The van der Waals surface area contributed by atoms with Crippen LogP contribution in [0.4, 0.5) is 5.69 Å². The van der Waals surface area contributed by atoms with Gasteiger partial charge < -0.3 is 10.6 Å². The highest BCUT2D eigenvalue weighted by Gasteiger charge is 2.20. The molecule has 0 radical (unpaired) electrons. The molecule has 1 aliphatic heterocycles. The van der Waals surface area contributed by atoms with Gasteiger partial charge in [-0.2, -0.15) is 0 Å². The van der Waals surface area contributed by atoms with Crippen molar-refractivity contribution < 1.29 is 0 Å². The molecule has 2 rings (SSSR count). The zero-order chi connectivity index (χ0) is 12.5. The summed E-state index contributed by atoms with van der Waals surface area (Å²) in [6.07, 6.45) is 1.16. The number of nitrogens with one attached hydrogen (secondary N) is 2. The summed E-state index contributed by atoms with van der Waals surface area (Å²) in [5, 5.41) is 7.12. The van der Waals surface area contributed by atoms with Crippen LogP contribution in [-0.2, 0) is 13.0 Å². The predicted octanol–water partition coefficient (Wildman–Crippen LogP) is 3.18. The van der Waals surface area contributed by atoms with Gasteiger partial charge in [0.25, 0.3) is 0 Å². The van der Waals surface area contributed by atoms with Crippen molar-refractivity contribution in [1.82, 2.24) is 5.32 Å². The SMILES string of the molecule is CC(NCc1cccc2c1NCC2)C(C)(C)C. The number of fused-ring (bicyclic) bond motifs is 1. The Labute approximate surface area is 105 Å². The van der Waals surface area contributed by atoms with Crippen molar-refractivity contribution in [3.63, 3.8) is 0 Å². The Morgan fingerprint density at radius 3 is 2.82 bits per heavy atom. The maximum atomic E-state index is 3.63. The molecular weight excluding hydrogens is 208 g/mol. The minimum absolute atomic E-state index is 0.311. The monoisotopic (exact) mass is 232 g/mol. The van der Waals surface area contributed by atoms with Crippen LogP contribution in [0.3, 0.4) is 0 Å². The van der Waals surface area contributed by atoms with E-state index in [9.17, 15) is 0 Å². The van der Waals surface area contributed by atoms with Crippen molar-refractivity contribution in [2.24, 2.45) is 5.41 Å². The van der Waals surface area contributed by atoms with Gasteiger partial charge in [-0.1, -0.05) is 39.0 Å². The van der Waals surface area contributed by atoms with Crippen molar-refractivity contribution >= 4 is 5.69 Å². The van der Waals surface area contributed by atoms with Crippen molar-refractivity contribution in [2.45, 2.75) is 46.7 Å². The van der Waals surface area contributed by atoms with Crippen molar-refractivity contribution in [1.29, 1.82) is 0 Å². The largest absolute Gasteiger partial charge is 0.384 e. The highest BCUT2D eigenvalue weighted by molar-refractivity contribution is 5.61. The first-order valence-corrected chi connectivity index (χ1v) is 6.56. The Kier molecular flexibility index (Phi) is 3.43. The average molecular weight is 232 g/mol. The fourth-order valence-electron chi connectivity index (χ4n) is 2.13. The van der Waals surface area contributed by atoms with Gasteiger partial charge in [0.15, 0.2) is 0 Å². The third kappa shape index (κ3) is 2.81. The Bertz CT molecular complexity index is 390. The molecule has 2 nitrogen and oxygen atoms in total. The van der Waals surface area contributed by atoms with Crippen LogP contribution in [0.1, 0.15) is 38.8 Å². The Balaban J connectivity index is 2.03. The minimum Gasteiger partial charge on any atom is -0.384 e. The lowest BCUT2D eigenvalue weighted by molar-refractivity contribution is 0.285. The van der Waals surface area contributed by atoms with Gasteiger partial charge in [-0.25, -0.2) is 0 Å². The number of para-hydroxylation sites is 1. The molecule has 0 spiro atoms. The normalized spacial score (nSPS) is 16.5. The second kappa shape index (κ2) is 4.69. The van der Waals surface area contributed by atoms with E-state index in [-0.39, 0.29) is 0 Å². The lowest BCUT2D eigenvalue weighted by atomic mass is 9.88. The van der Waals surface area contributed by atoms with E-state index in [4.69, 9.17) is 0 Å². The summed E-state index contributed by atoms with van der Waals surface area (Å²) in [6, 6.07) is 7.13. The van der Waals surface area contributed by atoms with Gasteiger partial charge in [0, 0.05) is 24.8 Å². The van der Waals surface area contributed by atoms with Gasteiger partial charge in [0.05, 0.1) is 0 Å². The van der Waals surface area contributed by atoms with Crippen LogP contribution in [0.5, 0.6) is 0 Å². The fourth-order valence-corrected chi connectivity index (χ4v) is 2.13. The van der Waals surface area contributed by atoms with E-state index in [0.29, 0.717) is 11.5 Å². The van der Waals surface area contributed by atoms with Crippen LogP contribution in [0, 0.1) is 5.41 Å². The van der Waals surface area contributed by atoms with Gasteiger partial charge >= 0.3 is 0 Å². The van der Waals surface area contributed by atoms with Crippen LogP contribution in [-0.4, -0.2) is 12.6 Å². The highest BCUT2D eigenvalue weighted by atomic mass is 14.9. The molecule has 94 valence electrons. The molecule has 0 aliphatic carbocycles. The molecule has 2 N–H and O–H groups in total. The molecule has 0 saturated heterocycles. The molecule has 0 saturated carbocycles. The molecule has 1 heterocycles. The second-order valence-electron chi connectivity index (χ2n) is 6.10. The number of anilines is 1. The molecule has 0 bridgehead atoms. The lowest BCUT2D eigenvalue weighted by Gasteiger charge is -2.28. The van der Waals surface area contributed by atoms with E-state index >= 15 is 0 Å². The summed E-state index contributed by atoms with van der Waals surface area (Å²) in [5.74, 6) is 0. The van der Waals surface area contributed by atoms with Crippen molar-refractivity contribution in [3.8, 4) is 0 Å². The molecule has 0 fully saturated rings. The standard InChI is InChI=1S/C15H24N2/c1-11(15(2,3)4)17-10-13-7-5-6-12-8-9-16-14(12)13/h5-7,11,16-17H,8-10H2,1-4H3. The predicted molar refractivity (Wildman–Crippen MR) is 74.4 cm³/mol. The van der Waals surface area contributed by atoms with Gasteiger partial charge in [-0.15, -0.1) is 0 Å². The highest BCUT2D eigenvalue weighted by Crippen LogP contribution is 2.27. The second-order valence-corrected chi connectivity index (χ2v) is 6.10. The molecule has 1 atom stereocenters. The number of rotatable bonds is 3. The first-order valence-electron chi connectivity index (χ1n) is 6.56. The average Bonchev–Trinajstić information content (AvgIpc) is 2.72. The fraction of sp³-hybridized carbons (Fsp3) is 0.600. The molecule has 0 amide bonds. The molecule has 2 heteroatoms. The summed E-state index contributed by atoms with van der Waals surface area (Å²) in [6.45, 7) is 11.1. The third-order valence-electron chi connectivity index (χ3n) is 3.83. The van der Waals surface area contributed by atoms with E-state index < -0.39 is 0 Å². The summed E-state index contributed by atoms with van der Waals surface area (Å²) in [5.41, 5.74) is 4.54. The van der Waals surface area contributed by atoms with Gasteiger partial charge in [-0.05, 0) is 29.9 Å². The van der Waals surface area contributed by atoms with E-state index in [1.54, 1.807) is 0 Å². The summed E-state index contributed by atoms with van der Waals surface area (Å²) < 4.78 is 0. The van der Waals surface area contributed by atoms with Gasteiger partial charge in [0.1, 0.15) is 0 Å². The van der Waals surface area contributed by atoms with E-state index in [1.807, 2.05) is 0 Å². The lowest BCUT2D eigenvalue weighted by Crippen LogP contribution is -2.37. The molecular formula is C15H24N2. The molecule has 1 aliphatic rings. The van der Waals surface area contributed by atoms with E-state index in [2.05, 4.69) is 56.5 Å². The Morgan fingerprint density at radius 2 is 2.12 bits per heavy atom. The Morgan fingerprint density at radius 1 is 1.35 bits per heavy atom. The number of hydrogen-bond acceptors (Lipinski definition) is 2. The minimum atomic E-state index is 0.311. The third-order valence-corrected chi connectivity index (χ3v) is 3.83. The maximum absolute atomic E-state index is 3.63. The quantitative estimate of drug-likeness (QED) is 0.836. The Hall–Kier alpha value is -1.02. The zero-order valence-corrected chi connectivity index (χ0v) is 11.4. The van der Waals surface area contributed by atoms with Crippen LogP contribution >= 0.6 is 0 Å². The van der Waals surface area contributed by atoms with Crippen LogP contribution in [0.15, 0.2) is 18.2 Å². The smallest absolute Gasteiger partial charge is 0.0419 e. The zero-order valence-electron chi connectivity index (χ0n) is 11.4. The molecule has 1 aromatic carbocycles. The van der Waals surface area contributed by atoms with Gasteiger partial charge in [-0.3, -0.25) is 0 Å². The summed E-state index contributed by atoms with van der Waals surface area (Å²) in [4.78, 5) is 0. The molecule has 1 unspecified atom stereocenters. The first-order chi connectivity index (χ1) is 7.98. The first kappa shape index (κ1) is 12.4. The summed E-state index contributed by atoms with van der Waals surface area (Å²) >= 11 is 0. The topological polar surface area (TPSA) is 24.1 Å².